The van der Waals surface area contributed by atoms with Crippen LogP contribution < -0.4 is 0 Å². The molecule has 0 saturated carbocycles. The lowest BCUT2D eigenvalue weighted by atomic mass is 10.5. The summed E-state index contributed by atoms with van der Waals surface area (Å²) in [6.45, 7) is 4.37. The summed E-state index contributed by atoms with van der Waals surface area (Å²) in [7, 11) is -6.73. The number of rotatable bonds is 7. The molecule has 0 aliphatic carbocycles. The van der Waals surface area contributed by atoms with Crippen molar-refractivity contribution in [2.45, 2.75) is 12.8 Å². The van der Waals surface area contributed by atoms with Gasteiger partial charge in [-0.2, -0.15) is 8.42 Å². The minimum absolute atomic E-state index is 0.0330. The van der Waals surface area contributed by atoms with E-state index < -0.39 is 29.8 Å². The fourth-order valence-corrected chi connectivity index (χ4v) is 2.75. The van der Waals surface area contributed by atoms with Gasteiger partial charge in [0.05, 0.1) is 12.9 Å². The highest BCUT2D eigenvalue weighted by Crippen LogP contribution is 2.31. The number of carbonyl (C=O) groups excluding carboxylic acids is 1. The fourth-order valence-electron chi connectivity index (χ4n) is 0.665. The van der Waals surface area contributed by atoms with Crippen LogP contribution in [0.5, 0.6) is 0 Å². The summed E-state index contributed by atoms with van der Waals surface area (Å²) in [5, 5.41) is 0. The maximum Gasteiger partial charge on any atom is 0.265 e. The van der Waals surface area contributed by atoms with Gasteiger partial charge in [-0.3, -0.25) is 9.36 Å². The van der Waals surface area contributed by atoms with Crippen LogP contribution in [0.2, 0.25) is 0 Å². The summed E-state index contributed by atoms with van der Waals surface area (Å²) in [5.41, 5.74) is 0. The average Bonchev–Trinajstić information content (AvgIpc) is 2.08. The van der Waals surface area contributed by atoms with Crippen LogP contribution in [-0.2, 0) is 28.2 Å². The van der Waals surface area contributed by atoms with E-state index in [1.807, 2.05) is 0 Å². The molecule has 0 heterocycles. The Morgan fingerprint density at radius 1 is 1.60 bits per heavy atom. The van der Waals surface area contributed by atoms with Crippen molar-refractivity contribution in [2.75, 3.05) is 12.9 Å². The number of carbonyl (C=O) groups is 1. The summed E-state index contributed by atoms with van der Waals surface area (Å²) in [6, 6.07) is 0. The molecule has 0 N–H and O–H groups in total. The minimum Gasteiger partial charge on any atom is -0.324 e. The van der Waals surface area contributed by atoms with Crippen molar-refractivity contribution in [3.05, 3.63) is 12.7 Å². The van der Waals surface area contributed by atoms with Crippen LogP contribution in [0.4, 0.5) is 0 Å². The molecule has 0 bridgehead atoms. The second-order valence-electron chi connectivity index (χ2n) is 2.71. The molecule has 15 heavy (non-hydrogen) atoms. The highest BCUT2D eigenvalue weighted by molar-refractivity contribution is 7.86. The standard InChI is InChI=1S/C7H13O6PS/c1-4-5-12-14(9)7(6(2)8)13-15(3,10)11/h4,7,14H,1,5H2,2-3H3. The van der Waals surface area contributed by atoms with Crippen LogP contribution in [0.25, 0.3) is 0 Å². The van der Waals surface area contributed by atoms with Gasteiger partial charge in [-0.05, 0) is 6.92 Å². The van der Waals surface area contributed by atoms with E-state index in [2.05, 4.69) is 15.3 Å². The first-order valence-electron chi connectivity index (χ1n) is 3.94. The Balaban J connectivity index is 4.60. The first-order valence-corrected chi connectivity index (χ1v) is 7.15. The maximum absolute atomic E-state index is 11.3. The maximum atomic E-state index is 11.3. The Bertz CT molecular complexity index is 360. The molecule has 6 nitrogen and oxygen atoms in total. The number of Topliss-reactive ketones (excluding diaryl/α,β-unsaturated/α-hetero) is 1. The van der Waals surface area contributed by atoms with E-state index in [0.29, 0.717) is 0 Å². The van der Waals surface area contributed by atoms with Gasteiger partial charge >= 0.3 is 0 Å². The molecule has 2 atom stereocenters. The average molecular weight is 256 g/mol. The van der Waals surface area contributed by atoms with Gasteiger partial charge in [-0.1, -0.05) is 6.08 Å². The number of hydrogen-bond acceptors (Lipinski definition) is 6. The topological polar surface area (TPSA) is 86.7 Å². The van der Waals surface area contributed by atoms with Crippen molar-refractivity contribution in [3.63, 3.8) is 0 Å². The van der Waals surface area contributed by atoms with Gasteiger partial charge in [0.1, 0.15) is 0 Å². The van der Waals surface area contributed by atoms with E-state index >= 15 is 0 Å². The van der Waals surface area contributed by atoms with E-state index in [1.54, 1.807) is 0 Å². The second-order valence-corrected chi connectivity index (χ2v) is 5.76. The molecule has 0 rings (SSSR count). The molecular formula is C7H13O6PS. The molecule has 0 fully saturated rings. The van der Waals surface area contributed by atoms with Crippen molar-refractivity contribution >= 4 is 23.9 Å². The Labute approximate surface area is 89.3 Å². The van der Waals surface area contributed by atoms with Crippen molar-refractivity contribution < 1.29 is 26.5 Å². The first kappa shape index (κ1) is 14.5. The van der Waals surface area contributed by atoms with Crippen molar-refractivity contribution in [3.8, 4) is 0 Å². The predicted octanol–water partition coefficient (Wildman–Crippen LogP) is 0.555. The Hall–Kier alpha value is -0.490. The van der Waals surface area contributed by atoms with E-state index in [-0.39, 0.29) is 6.61 Å². The van der Waals surface area contributed by atoms with Gasteiger partial charge in [0.15, 0.2) is 5.78 Å². The van der Waals surface area contributed by atoms with Crippen LogP contribution in [0.1, 0.15) is 6.92 Å². The lowest BCUT2D eigenvalue weighted by Crippen LogP contribution is -2.22. The van der Waals surface area contributed by atoms with Gasteiger partial charge in [0.25, 0.3) is 10.1 Å². The molecule has 0 aliphatic heterocycles. The highest BCUT2D eigenvalue weighted by Gasteiger charge is 2.27. The van der Waals surface area contributed by atoms with Crippen molar-refractivity contribution in [1.82, 2.24) is 0 Å². The van der Waals surface area contributed by atoms with E-state index in [1.165, 1.54) is 6.08 Å². The molecule has 2 unspecified atom stereocenters. The van der Waals surface area contributed by atoms with Gasteiger partial charge in [-0.15, -0.1) is 6.58 Å². The molecule has 8 heteroatoms. The van der Waals surface area contributed by atoms with Crippen molar-refractivity contribution in [1.29, 1.82) is 0 Å². The van der Waals surface area contributed by atoms with Gasteiger partial charge < -0.3 is 4.52 Å². The smallest absolute Gasteiger partial charge is 0.265 e. The zero-order valence-electron chi connectivity index (χ0n) is 8.43. The monoisotopic (exact) mass is 256 g/mol. The molecular weight excluding hydrogens is 243 g/mol. The molecule has 0 spiro atoms. The predicted molar refractivity (Wildman–Crippen MR) is 55.5 cm³/mol. The quantitative estimate of drug-likeness (QED) is 0.375. The van der Waals surface area contributed by atoms with E-state index in [9.17, 15) is 17.8 Å². The van der Waals surface area contributed by atoms with Crippen LogP contribution in [-0.4, -0.2) is 32.9 Å². The summed E-state index contributed by atoms with van der Waals surface area (Å²) < 4.78 is 41.9. The minimum atomic E-state index is -3.84. The molecule has 88 valence electrons. The molecule has 0 aromatic heterocycles. The highest BCUT2D eigenvalue weighted by atomic mass is 32.2. The third-order valence-corrected chi connectivity index (χ3v) is 3.31. The van der Waals surface area contributed by atoms with Crippen LogP contribution in [0, 0.1) is 0 Å². The summed E-state index contributed by atoms with van der Waals surface area (Å²) >= 11 is 0. The third-order valence-electron chi connectivity index (χ3n) is 1.20. The molecule has 0 saturated heterocycles. The van der Waals surface area contributed by atoms with Crippen LogP contribution in [0.3, 0.4) is 0 Å². The zero-order valence-corrected chi connectivity index (χ0v) is 10.2. The lowest BCUT2D eigenvalue weighted by molar-refractivity contribution is -0.120. The first-order chi connectivity index (χ1) is 6.78. The lowest BCUT2D eigenvalue weighted by Gasteiger charge is -2.12. The Morgan fingerprint density at radius 2 is 2.13 bits per heavy atom. The zero-order chi connectivity index (χ0) is 12.1. The molecule has 0 amide bonds. The summed E-state index contributed by atoms with van der Waals surface area (Å²) in [6.07, 6.45) is 2.10. The largest absolute Gasteiger partial charge is 0.324 e. The molecule has 0 aliphatic rings. The summed E-state index contributed by atoms with van der Waals surface area (Å²) in [5.74, 6) is -2.21. The number of ketones is 1. The molecule has 0 aromatic carbocycles. The second kappa shape index (κ2) is 6.17. The van der Waals surface area contributed by atoms with Gasteiger partial charge in [-0.25, -0.2) is 4.18 Å². The van der Waals surface area contributed by atoms with Gasteiger partial charge in [0, 0.05) is 0 Å². The van der Waals surface area contributed by atoms with Crippen LogP contribution >= 0.6 is 8.03 Å². The van der Waals surface area contributed by atoms with E-state index in [0.717, 1.165) is 13.2 Å². The normalized spacial score (nSPS) is 15.6. The Kier molecular flexibility index (Phi) is 5.97. The van der Waals surface area contributed by atoms with Gasteiger partial charge in [0.2, 0.25) is 13.9 Å². The fraction of sp³-hybridized carbons (Fsp3) is 0.571. The molecule has 0 radical (unpaired) electrons. The van der Waals surface area contributed by atoms with Crippen LogP contribution in [0.15, 0.2) is 12.7 Å². The molecule has 0 aromatic rings. The van der Waals surface area contributed by atoms with E-state index in [4.69, 9.17) is 0 Å². The summed E-state index contributed by atoms with van der Waals surface area (Å²) in [4.78, 5) is 11.0. The SMILES string of the molecule is C=CCO[PH](=O)C(OS(C)(=O)=O)C(C)=O. The number of hydrogen-bond donors (Lipinski definition) is 0. The van der Waals surface area contributed by atoms with Crippen molar-refractivity contribution in [2.24, 2.45) is 0 Å². The Morgan fingerprint density at radius 3 is 2.47 bits per heavy atom. The third kappa shape index (κ3) is 6.57.